The maximum Gasteiger partial charge on any atom is 0.257 e. The summed E-state index contributed by atoms with van der Waals surface area (Å²) in [5, 5.41) is 3.10. The zero-order valence-electron chi connectivity index (χ0n) is 15.6. The van der Waals surface area contributed by atoms with E-state index < -0.39 is 0 Å². The minimum atomic E-state index is -0.389. The Hall–Kier alpha value is -2.64. The molecule has 0 spiro atoms. The van der Waals surface area contributed by atoms with Gasteiger partial charge in [-0.15, -0.1) is 0 Å². The van der Waals surface area contributed by atoms with Crippen molar-refractivity contribution in [3.05, 3.63) is 64.7 Å². The summed E-state index contributed by atoms with van der Waals surface area (Å²) in [5.74, 6) is 0.423. The number of hydrazine groups is 1. The van der Waals surface area contributed by atoms with Crippen LogP contribution in [0.25, 0.3) is 0 Å². The smallest absolute Gasteiger partial charge is 0.257 e. The van der Waals surface area contributed by atoms with Crippen molar-refractivity contribution in [3.8, 4) is 5.75 Å². The molecule has 2 aromatic carbocycles. The van der Waals surface area contributed by atoms with Crippen molar-refractivity contribution in [2.75, 3.05) is 6.61 Å². The highest BCUT2D eigenvalue weighted by atomic mass is 35.5. The number of carbonyl (C=O) groups is 2. The van der Waals surface area contributed by atoms with Crippen molar-refractivity contribution in [1.29, 1.82) is 0 Å². The third kappa shape index (κ3) is 7.54. The number of amides is 2. The van der Waals surface area contributed by atoms with Gasteiger partial charge in [0, 0.05) is 10.6 Å². The van der Waals surface area contributed by atoms with Crippen molar-refractivity contribution in [3.63, 3.8) is 0 Å². The van der Waals surface area contributed by atoms with Crippen LogP contribution in [0.2, 0.25) is 5.02 Å². The van der Waals surface area contributed by atoms with Crippen LogP contribution >= 0.6 is 23.8 Å². The molecule has 0 atom stereocenters. The van der Waals surface area contributed by atoms with Gasteiger partial charge in [-0.3, -0.25) is 25.8 Å². The Kier molecular flexibility index (Phi) is 8.22. The van der Waals surface area contributed by atoms with E-state index in [-0.39, 0.29) is 23.3 Å². The van der Waals surface area contributed by atoms with Gasteiger partial charge in [0.1, 0.15) is 5.75 Å². The Morgan fingerprint density at radius 3 is 2.29 bits per heavy atom. The number of halogens is 1. The number of nitrogens with one attached hydrogen (secondary N) is 3. The van der Waals surface area contributed by atoms with E-state index in [0.29, 0.717) is 28.9 Å². The predicted molar refractivity (Wildman–Crippen MR) is 113 cm³/mol. The monoisotopic (exact) mass is 419 g/mol. The number of ether oxygens (including phenoxy) is 1. The fraction of sp³-hybridized carbons (Fsp3) is 0.250. The van der Waals surface area contributed by atoms with Crippen LogP contribution in [0.1, 0.15) is 29.8 Å². The van der Waals surface area contributed by atoms with Crippen LogP contribution < -0.4 is 20.9 Å². The van der Waals surface area contributed by atoms with Crippen LogP contribution in [0.3, 0.4) is 0 Å². The minimum Gasteiger partial charge on any atom is -0.493 e. The maximum absolute atomic E-state index is 12.2. The molecule has 2 amide bonds. The first kappa shape index (κ1) is 21.7. The van der Waals surface area contributed by atoms with Crippen LogP contribution in [0.5, 0.6) is 5.75 Å². The molecule has 6 nitrogen and oxygen atoms in total. The third-order valence-corrected chi connectivity index (χ3v) is 3.98. The van der Waals surface area contributed by atoms with Gasteiger partial charge in [-0.2, -0.15) is 0 Å². The molecule has 8 heteroatoms. The van der Waals surface area contributed by atoms with Crippen molar-refractivity contribution >= 4 is 40.7 Å². The van der Waals surface area contributed by atoms with Crippen LogP contribution in [0.4, 0.5) is 0 Å². The Labute approximate surface area is 174 Å². The van der Waals surface area contributed by atoms with E-state index >= 15 is 0 Å². The van der Waals surface area contributed by atoms with Crippen LogP contribution in [0.15, 0.2) is 48.5 Å². The molecule has 0 aliphatic rings. The van der Waals surface area contributed by atoms with Crippen molar-refractivity contribution in [2.24, 2.45) is 5.92 Å². The van der Waals surface area contributed by atoms with Crippen molar-refractivity contribution in [1.82, 2.24) is 16.2 Å². The van der Waals surface area contributed by atoms with Gasteiger partial charge in [-0.05, 0) is 60.1 Å². The van der Waals surface area contributed by atoms with Gasteiger partial charge in [-0.25, -0.2) is 0 Å². The summed E-state index contributed by atoms with van der Waals surface area (Å²) in [6, 6.07) is 13.7. The maximum atomic E-state index is 12.2. The van der Waals surface area contributed by atoms with E-state index in [2.05, 4.69) is 30.0 Å². The van der Waals surface area contributed by atoms with E-state index in [0.717, 1.165) is 5.56 Å². The molecule has 0 radical (unpaired) electrons. The third-order valence-electron chi connectivity index (χ3n) is 3.52. The first-order chi connectivity index (χ1) is 13.3. The SMILES string of the molecule is CC(C)COc1ccc(C(=O)NC(=S)NNC(=O)Cc2ccc(Cl)cc2)cc1. The molecule has 0 fully saturated rings. The lowest BCUT2D eigenvalue weighted by Gasteiger charge is -2.12. The number of carbonyl (C=O) groups excluding carboxylic acids is 2. The highest BCUT2D eigenvalue weighted by Gasteiger charge is 2.09. The average molecular weight is 420 g/mol. The molecule has 2 aromatic rings. The zero-order chi connectivity index (χ0) is 20.5. The molecule has 0 aromatic heterocycles. The highest BCUT2D eigenvalue weighted by Crippen LogP contribution is 2.13. The lowest BCUT2D eigenvalue weighted by atomic mass is 10.1. The molecule has 0 saturated heterocycles. The van der Waals surface area contributed by atoms with E-state index in [1.807, 2.05) is 0 Å². The summed E-state index contributed by atoms with van der Waals surface area (Å²) in [7, 11) is 0. The molecule has 0 aliphatic carbocycles. The fourth-order valence-electron chi connectivity index (χ4n) is 2.13. The van der Waals surface area contributed by atoms with Crippen molar-refractivity contribution in [2.45, 2.75) is 20.3 Å². The number of rotatable bonds is 6. The van der Waals surface area contributed by atoms with E-state index in [4.69, 9.17) is 28.6 Å². The molecule has 2 rings (SSSR count). The van der Waals surface area contributed by atoms with Gasteiger partial charge in [0.25, 0.3) is 5.91 Å². The summed E-state index contributed by atoms with van der Waals surface area (Å²) in [6.07, 6.45) is 0.151. The first-order valence-electron chi connectivity index (χ1n) is 8.71. The normalized spacial score (nSPS) is 10.3. The summed E-state index contributed by atoms with van der Waals surface area (Å²) in [4.78, 5) is 24.1. The van der Waals surface area contributed by atoms with Crippen LogP contribution in [-0.2, 0) is 11.2 Å². The topological polar surface area (TPSA) is 79.5 Å². The van der Waals surface area contributed by atoms with Crippen LogP contribution in [0, 0.1) is 5.92 Å². The Bertz CT molecular complexity index is 824. The van der Waals surface area contributed by atoms with Gasteiger partial charge in [0.2, 0.25) is 5.91 Å². The molecule has 0 bridgehead atoms. The Morgan fingerprint density at radius 2 is 1.68 bits per heavy atom. The molecule has 3 N–H and O–H groups in total. The molecule has 0 saturated carbocycles. The van der Waals surface area contributed by atoms with Gasteiger partial charge in [-0.1, -0.05) is 37.6 Å². The summed E-state index contributed by atoms with van der Waals surface area (Å²) in [5.41, 5.74) is 6.18. The second-order valence-corrected chi connectivity index (χ2v) is 7.33. The molecule has 0 heterocycles. The summed E-state index contributed by atoms with van der Waals surface area (Å²) in [6.45, 7) is 4.73. The molecular weight excluding hydrogens is 398 g/mol. The van der Waals surface area contributed by atoms with Gasteiger partial charge in [0.05, 0.1) is 13.0 Å². The van der Waals surface area contributed by atoms with Gasteiger partial charge < -0.3 is 4.74 Å². The van der Waals surface area contributed by atoms with E-state index in [9.17, 15) is 9.59 Å². The predicted octanol–water partition coefficient (Wildman–Crippen LogP) is 3.25. The number of hydrogen-bond acceptors (Lipinski definition) is 4. The fourth-order valence-corrected chi connectivity index (χ4v) is 2.40. The lowest BCUT2D eigenvalue weighted by molar-refractivity contribution is -0.121. The number of hydrogen-bond donors (Lipinski definition) is 3. The number of thiocarbonyl (C=S) groups is 1. The first-order valence-corrected chi connectivity index (χ1v) is 9.49. The lowest BCUT2D eigenvalue weighted by Crippen LogP contribution is -2.48. The van der Waals surface area contributed by atoms with Crippen LogP contribution in [-0.4, -0.2) is 23.5 Å². The molecule has 28 heavy (non-hydrogen) atoms. The summed E-state index contributed by atoms with van der Waals surface area (Å²) < 4.78 is 5.58. The van der Waals surface area contributed by atoms with Gasteiger partial charge in [0.15, 0.2) is 5.11 Å². The molecule has 0 aliphatic heterocycles. The zero-order valence-corrected chi connectivity index (χ0v) is 17.2. The Balaban J connectivity index is 1.76. The second kappa shape index (κ2) is 10.6. The van der Waals surface area contributed by atoms with E-state index in [1.165, 1.54) is 0 Å². The molecule has 148 valence electrons. The molecule has 0 unspecified atom stereocenters. The van der Waals surface area contributed by atoms with E-state index in [1.54, 1.807) is 48.5 Å². The Morgan fingerprint density at radius 1 is 1.04 bits per heavy atom. The molecular formula is C20H22ClN3O3S. The summed E-state index contributed by atoms with van der Waals surface area (Å²) >= 11 is 10.8. The second-order valence-electron chi connectivity index (χ2n) is 6.49. The largest absolute Gasteiger partial charge is 0.493 e. The number of benzene rings is 2. The average Bonchev–Trinajstić information content (AvgIpc) is 2.67. The quantitative estimate of drug-likeness (QED) is 0.494. The minimum absolute atomic E-state index is 0.00501. The standard InChI is InChI=1S/C20H22ClN3O3S/c1-13(2)12-27-17-9-5-15(6-10-17)19(26)22-20(28)24-23-18(25)11-14-3-7-16(21)8-4-14/h3-10,13H,11-12H2,1-2H3,(H,23,25)(H2,22,24,26,28). The highest BCUT2D eigenvalue weighted by molar-refractivity contribution is 7.80. The van der Waals surface area contributed by atoms with Crippen molar-refractivity contribution < 1.29 is 14.3 Å². The van der Waals surface area contributed by atoms with Gasteiger partial charge >= 0.3 is 0 Å².